The van der Waals surface area contributed by atoms with E-state index < -0.39 is 0 Å². The molecule has 4 nitrogen and oxygen atoms in total. The van der Waals surface area contributed by atoms with Crippen LogP contribution in [0.4, 0.5) is 51.2 Å². The van der Waals surface area contributed by atoms with Crippen molar-refractivity contribution in [3.8, 4) is 0 Å². The molecule has 0 bridgehead atoms. The molecule has 0 atom stereocenters. The van der Waals surface area contributed by atoms with Crippen molar-refractivity contribution in [2.75, 3.05) is 19.6 Å². The molecule has 0 N–H and O–H groups in total. The second-order valence-electron chi connectivity index (χ2n) is 19.7. The first-order valence-electron chi connectivity index (χ1n) is 25.2. The van der Waals surface area contributed by atoms with E-state index in [2.05, 4.69) is 228 Å². The maximum atomic E-state index is 2.91. The Morgan fingerprint density at radius 3 is 0.939 bits per heavy atom. The third-order valence-electron chi connectivity index (χ3n) is 15.4. The summed E-state index contributed by atoms with van der Waals surface area (Å²) in [6, 6.07) is 73.0. The molecule has 336 valence electrons. The maximum absolute atomic E-state index is 2.91. The van der Waals surface area contributed by atoms with Crippen LogP contribution in [0.25, 0.3) is 0 Å². The zero-order chi connectivity index (χ0) is 44.7. The van der Waals surface area contributed by atoms with Crippen molar-refractivity contribution in [3.05, 3.63) is 200 Å². The molecule has 0 aromatic heterocycles. The zero-order valence-corrected chi connectivity index (χ0v) is 39.2. The molecule has 7 aromatic carbocycles. The lowest BCUT2D eigenvalue weighted by atomic mass is 9.70. The highest BCUT2D eigenvalue weighted by Crippen LogP contribution is 2.46. The van der Waals surface area contributed by atoms with Gasteiger partial charge < -0.3 is 19.6 Å². The van der Waals surface area contributed by atoms with Gasteiger partial charge in [-0.3, -0.25) is 0 Å². The van der Waals surface area contributed by atoms with E-state index in [0.717, 1.165) is 51.9 Å². The van der Waals surface area contributed by atoms with Crippen molar-refractivity contribution in [1.82, 2.24) is 0 Å². The second kappa shape index (κ2) is 20.5. The molecule has 3 aliphatic rings. The van der Waals surface area contributed by atoms with Crippen LogP contribution < -0.4 is 19.6 Å². The first-order chi connectivity index (χ1) is 32.6. The van der Waals surface area contributed by atoms with Gasteiger partial charge in [-0.2, -0.15) is 0 Å². The standard InChI is InChI=1S/C62H68N4/c1-47-23-31-55(32-24-47)65(56-33-25-48(2)26-34-56)57-35-27-49(28-36-57)50-29-37-58(38-30-50)66(61-43-39-59(40-44-61)63(51-15-7-3-8-16-51)52-17-9-4-10-18-52)62-45-41-60(42-46-62)64(53-19-11-5-12-20-53)54-21-13-6-14-22-54/h3-24,31-32,39-46,48-50,56-58H,25-30,33-38H2,1-2H3. The van der Waals surface area contributed by atoms with Crippen molar-refractivity contribution in [2.24, 2.45) is 17.8 Å². The first kappa shape index (κ1) is 43.6. The fourth-order valence-corrected chi connectivity index (χ4v) is 11.9. The molecule has 0 aliphatic heterocycles. The summed E-state index contributed by atoms with van der Waals surface area (Å²) in [5.74, 6) is 2.52. The van der Waals surface area contributed by atoms with Crippen LogP contribution in [0, 0.1) is 24.7 Å². The summed E-state index contributed by atoms with van der Waals surface area (Å²) in [5, 5.41) is 0. The van der Waals surface area contributed by atoms with E-state index in [1.54, 1.807) is 0 Å². The van der Waals surface area contributed by atoms with Gasteiger partial charge in [-0.1, -0.05) is 97.4 Å². The van der Waals surface area contributed by atoms with E-state index in [-0.39, 0.29) is 0 Å². The average molecular weight is 869 g/mol. The number of hydrogen-bond donors (Lipinski definition) is 0. The summed E-state index contributed by atoms with van der Waals surface area (Å²) in [6.07, 6.45) is 15.9. The second-order valence-corrected chi connectivity index (χ2v) is 19.7. The summed E-state index contributed by atoms with van der Waals surface area (Å²) >= 11 is 0. The van der Waals surface area contributed by atoms with Gasteiger partial charge >= 0.3 is 0 Å². The van der Waals surface area contributed by atoms with Gasteiger partial charge in [-0.05, 0) is 211 Å². The Bertz CT molecular complexity index is 2320. The molecule has 0 spiro atoms. The Hall–Kier alpha value is -6.26. The SMILES string of the molecule is Cc1ccc(N(C2CCC(C)CC2)C2CCC(C3CCC(N(c4ccc(N(c5ccccc5)c5ccccc5)cc4)c4ccc(N(c5ccccc5)c5ccccc5)cc4)CC3)CC2)cc1. The number of benzene rings is 7. The molecule has 3 fully saturated rings. The lowest BCUT2D eigenvalue weighted by molar-refractivity contribution is 0.170. The van der Waals surface area contributed by atoms with Crippen molar-refractivity contribution >= 4 is 51.2 Å². The molecular weight excluding hydrogens is 801 g/mol. The van der Waals surface area contributed by atoms with E-state index in [1.165, 1.54) is 99.7 Å². The summed E-state index contributed by atoms with van der Waals surface area (Å²) < 4.78 is 0. The van der Waals surface area contributed by atoms with E-state index in [9.17, 15) is 0 Å². The highest BCUT2D eigenvalue weighted by atomic mass is 15.2. The fourth-order valence-electron chi connectivity index (χ4n) is 11.9. The highest BCUT2D eigenvalue weighted by Gasteiger charge is 2.37. The average Bonchev–Trinajstić information content (AvgIpc) is 3.38. The molecule has 0 amide bonds. The zero-order valence-electron chi connectivity index (χ0n) is 39.2. The van der Waals surface area contributed by atoms with Crippen molar-refractivity contribution < 1.29 is 0 Å². The Labute approximate surface area is 395 Å². The van der Waals surface area contributed by atoms with Gasteiger partial charge in [-0.25, -0.2) is 0 Å². The third kappa shape index (κ3) is 9.80. The largest absolute Gasteiger partial charge is 0.366 e. The minimum atomic E-state index is 0.429. The van der Waals surface area contributed by atoms with Crippen LogP contribution in [-0.4, -0.2) is 18.1 Å². The molecule has 66 heavy (non-hydrogen) atoms. The predicted octanol–water partition coefficient (Wildman–Crippen LogP) is 17.3. The Morgan fingerprint density at radius 2 is 0.576 bits per heavy atom. The molecule has 0 unspecified atom stereocenters. The van der Waals surface area contributed by atoms with E-state index >= 15 is 0 Å². The van der Waals surface area contributed by atoms with Gasteiger partial charge in [0.25, 0.3) is 0 Å². The minimum Gasteiger partial charge on any atom is -0.366 e. The van der Waals surface area contributed by atoms with Crippen molar-refractivity contribution in [3.63, 3.8) is 0 Å². The number of para-hydroxylation sites is 4. The summed E-state index contributed by atoms with van der Waals surface area (Å²) in [7, 11) is 0. The number of anilines is 9. The van der Waals surface area contributed by atoms with Gasteiger partial charge in [-0.15, -0.1) is 0 Å². The van der Waals surface area contributed by atoms with E-state index in [1.807, 2.05) is 0 Å². The number of aryl methyl sites for hydroxylation is 1. The van der Waals surface area contributed by atoms with Crippen LogP contribution in [0.5, 0.6) is 0 Å². The number of nitrogens with zero attached hydrogens (tertiary/aromatic N) is 4. The van der Waals surface area contributed by atoms with Gasteiger partial charge in [0.05, 0.1) is 0 Å². The number of rotatable bonds is 13. The molecule has 10 rings (SSSR count). The lowest BCUT2D eigenvalue weighted by Gasteiger charge is -2.47. The smallest absolute Gasteiger partial charge is 0.0463 e. The molecule has 0 radical (unpaired) electrons. The topological polar surface area (TPSA) is 13.0 Å². The van der Waals surface area contributed by atoms with Gasteiger partial charge in [0.2, 0.25) is 0 Å². The minimum absolute atomic E-state index is 0.429. The quantitative estimate of drug-likeness (QED) is 0.114. The van der Waals surface area contributed by atoms with Gasteiger partial charge in [0, 0.05) is 69.3 Å². The Kier molecular flexibility index (Phi) is 13.5. The van der Waals surface area contributed by atoms with Crippen LogP contribution in [0.15, 0.2) is 194 Å². The maximum Gasteiger partial charge on any atom is 0.0463 e. The van der Waals surface area contributed by atoms with Crippen LogP contribution in [0.2, 0.25) is 0 Å². The highest BCUT2D eigenvalue weighted by molar-refractivity contribution is 5.80. The molecule has 7 aromatic rings. The van der Waals surface area contributed by atoms with Crippen LogP contribution in [0.3, 0.4) is 0 Å². The molecule has 0 saturated heterocycles. The molecule has 3 aliphatic carbocycles. The first-order valence-corrected chi connectivity index (χ1v) is 25.2. The van der Waals surface area contributed by atoms with Gasteiger partial charge in [0.1, 0.15) is 0 Å². The number of hydrogen-bond acceptors (Lipinski definition) is 4. The molecule has 3 saturated carbocycles. The molecule has 0 heterocycles. The normalized spacial score (nSPS) is 22.0. The summed E-state index contributed by atoms with van der Waals surface area (Å²) in [4.78, 5) is 10.3. The summed E-state index contributed by atoms with van der Waals surface area (Å²) in [6.45, 7) is 4.68. The predicted molar refractivity (Wildman–Crippen MR) is 281 cm³/mol. The van der Waals surface area contributed by atoms with Crippen LogP contribution in [0.1, 0.15) is 89.5 Å². The van der Waals surface area contributed by atoms with Gasteiger partial charge in [0.15, 0.2) is 0 Å². The molecular formula is C62H68N4. The van der Waals surface area contributed by atoms with E-state index in [0.29, 0.717) is 18.1 Å². The lowest BCUT2D eigenvalue weighted by Crippen LogP contribution is -2.47. The third-order valence-corrected chi connectivity index (χ3v) is 15.4. The van der Waals surface area contributed by atoms with Crippen molar-refractivity contribution in [2.45, 2.75) is 109 Å². The van der Waals surface area contributed by atoms with Crippen molar-refractivity contribution in [1.29, 1.82) is 0 Å². The van der Waals surface area contributed by atoms with Crippen LogP contribution in [-0.2, 0) is 0 Å². The molecule has 4 heteroatoms. The Morgan fingerprint density at radius 1 is 0.288 bits per heavy atom. The summed E-state index contributed by atoms with van der Waals surface area (Å²) in [5.41, 5.74) is 12.3. The fraction of sp³-hybridized carbons (Fsp3) is 0.323. The van der Waals surface area contributed by atoms with Crippen LogP contribution >= 0.6 is 0 Å². The Balaban J connectivity index is 0.897. The monoisotopic (exact) mass is 869 g/mol. The van der Waals surface area contributed by atoms with E-state index in [4.69, 9.17) is 0 Å².